The Morgan fingerprint density at radius 2 is 2.00 bits per heavy atom. The summed E-state index contributed by atoms with van der Waals surface area (Å²) < 4.78 is 4.18. The number of hydrogen-bond donors (Lipinski definition) is 1. The molecule has 0 bridgehead atoms. The van der Waals surface area contributed by atoms with Gasteiger partial charge in [0.25, 0.3) is 0 Å². The second-order valence-electron chi connectivity index (χ2n) is 5.13. The number of halogens is 2. The van der Waals surface area contributed by atoms with E-state index in [1.807, 2.05) is 10.9 Å². The Morgan fingerprint density at radius 1 is 1.18 bits per heavy atom. The van der Waals surface area contributed by atoms with Crippen molar-refractivity contribution < 1.29 is 0 Å². The van der Waals surface area contributed by atoms with Crippen LogP contribution in [0.15, 0.2) is 47.2 Å². The van der Waals surface area contributed by atoms with Crippen molar-refractivity contribution in [1.82, 2.24) is 14.8 Å². The number of anilines is 1. The summed E-state index contributed by atoms with van der Waals surface area (Å²) in [4.78, 5) is 4.26. The number of rotatable bonds is 2. The van der Waals surface area contributed by atoms with Gasteiger partial charge >= 0.3 is 0 Å². The molecule has 6 heteroatoms. The average molecular weight is 467 g/mol. The van der Waals surface area contributed by atoms with Crippen LogP contribution in [0.25, 0.3) is 16.9 Å². The Bertz CT molecular complexity index is 842. The normalized spacial score (nSPS) is 13.0. The molecule has 0 radical (unpaired) electrons. The van der Waals surface area contributed by atoms with Gasteiger partial charge in [0.1, 0.15) is 5.82 Å². The maximum absolute atomic E-state index is 4.83. The van der Waals surface area contributed by atoms with Gasteiger partial charge in [-0.15, -0.1) is 0 Å². The van der Waals surface area contributed by atoms with Gasteiger partial charge in [-0.3, -0.25) is 4.98 Å². The molecule has 0 spiro atoms. The summed E-state index contributed by atoms with van der Waals surface area (Å²) in [5.41, 5.74) is 4.38. The van der Waals surface area contributed by atoms with E-state index in [2.05, 4.69) is 79.2 Å². The molecule has 1 aliphatic heterocycles. The van der Waals surface area contributed by atoms with Crippen LogP contribution in [-0.4, -0.2) is 21.3 Å². The minimum atomic E-state index is 0.950. The molecule has 0 atom stereocenters. The zero-order valence-corrected chi connectivity index (χ0v) is 15.3. The monoisotopic (exact) mass is 466 g/mol. The fraction of sp³-hybridized carbons (Fsp3) is 0.125. The minimum absolute atomic E-state index is 0.950. The summed E-state index contributed by atoms with van der Waals surface area (Å²) in [5, 5.41) is 8.29. The first-order chi connectivity index (χ1) is 10.7. The molecule has 1 N–H and O–H groups in total. The third kappa shape index (κ3) is 2.44. The highest BCUT2D eigenvalue weighted by Crippen LogP contribution is 2.35. The predicted octanol–water partition coefficient (Wildman–Crippen LogP) is 4.27. The standard InChI is InChI=1S/C16H12BrIN4/c17-11-7-10(8-19-9-11)15-14-5-6-20-16(14)22(21-15)13-3-1-12(18)2-4-13/h1-4,7-9,20H,5-6H2. The van der Waals surface area contributed by atoms with Crippen LogP contribution in [0, 0.1) is 3.57 Å². The van der Waals surface area contributed by atoms with Crippen LogP contribution in [0.2, 0.25) is 0 Å². The lowest BCUT2D eigenvalue weighted by Crippen LogP contribution is -2.04. The van der Waals surface area contributed by atoms with Gasteiger partial charge in [0.2, 0.25) is 0 Å². The van der Waals surface area contributed by atoms with Gasteiger partial charge in [0.15, 0.2) is 0 Å². The molecule has 110 valence electrons. The number of hydrogen-bond acceptors (Lipinski definition) is 3. The zero-order valence-electron chi connectivity index (χ0n) is 11.6. The van der Waals surface area contributed by atoms with Gasteiger partial charge in [0.05, 0.1) is 11.4 Å². The first kappa shape index (κ1) is 14.2. The van der Waals surface area contributed by atoms with Crippen molar-refractivity contribution >= 4 is 44.3 Å². The average Bonchev–Trinajstić information content (AvgIpc) is 3.10. The SMILES string of the molecule is Brc1cncc(-c2nn(-c3ccc(I)cc3)c3c2CCN3)c1. The number of pyridine rings is 1. The molecule has 0 amide bonds. The predicted molar refractivity (Wildman–Crippen MR) is 99.4 cm³/mol. The highest BCUT2D eigenvalue weighted by molar-refractivity contribution is 14.1. The smallest absolute Gasteiger partial charge is 0.133 e. The van der Waals surface area contributed by atoms with Crippen LogP contribution in [-0.2, 0) is 6.42 Å². The van der Waals surface area contributed by atoms with Gasteiger partial charge in [-0.25, -0.2) is 4.68 Å². The molecule has 0 saturated carbocycles. The summed E-state index contributed by atoms with van der Waals surface area (Å²) in [6.07, 6.45) is 4.64. The van der Waals surface area contributed by atoms with Crippen molar-refractivity contribution in [2.24, 2.45) is 0 Å². The van der Waals surface area contributed by atoms with E-state index in [4.69, 9.17) is 5.10 Å². The fourth-order valence-electron chi connectivity index (χ4n) is 2.72. The van der Waals surface area contributed by atoms with Crippen LogP contribution < -0.4 is 5.32 Å². The minimum Gasteiger partial charge on any atom is -0.369 e. The number of nitrogens with zero attached hydrogens (tertiary/aromatic N) is 3. The molecular formula is C16H12BrIN4. The molecule has 4 rings (SSSR count). The molecule has 0 fully saturated rings. The van der Waals surface area contributed by atoms with Crippen molar-refractivity contribution in [2.45, 2.75) is 6.42 Å². The van der Waals surface area contributed by atoms with Crippen molar-refractivity contribution in [1.29, 1.82) is 0 Å². The lowest BCUT2D eigenvalue weighted by atomic mass is 10.1. The summed E-state index contributed by atoms with van der Waals surface area (Å²) in [6.45, 7) is 0.950. The Labute approximate surface area is 150 Å². The Balaban J connectivity index is 1.88. The molecule has 4 nitrogen and oxygen atoms in total. The number of benzene rings is 1. The fourth-order valence-corrected chi connectivity index (χ4v) is 3.44. The van der Waals surface area contributed by atoms with Gasteiger partial charge in [-0.1, -0.05) is 0 Å². The van der Waals surface area contributed by atoms with Gasteiger partial charge in [-0.05, 0) is 75.3 Å². The maximum atomic E-state index is 4.83. The molecule has 0 saturated heterocycles. The first-order valence-corrected chi connectivity index (χ1v) is 8.82. The van der Waals surface area contributed by atoms with Crippen molar-refractivity contribution in [2.75, 3.05) is 11.9 Å². The zero-order chi connectivity index (χ0) is 15.1. The number of fused-ring (bicyclic) bond motifs is 1. The quantitative estimate of drug-likeness (QED) is 0.573. The molecule has 2 aromatic heterocycles. The molecule has 0 unspecified atom stereocenters. The molecule has 3 aromatic rings. The van der Waals surface area contributed by atoms with E-state index in [0.717, 1.165) is 40.2 Å². The summed E-state index contributed by atoms with van der Waals surface area (Å²) in [5.74, 6) is 1.09. The van der Waals surface area contributed by atoms with E-state index < -0.39 is 0 Å². The van der Waals surface area contributed by atoms with Gasteiger partial charge in [-0.2, -0.15) is 5.10 Å². The molecule has 1 aliphatic rings. The molecule has 1 aromatic carbocycles. The first-order valence-electron chi connectivity index (χ1n) is 6.95. The van der Waals surface area contributed by atoms with E-state index in [1.165, 1.54) is 9.13 Å². The third-order valence-corrected chi connectivity index (χ3v) is 4.85. The van der Waals surface area contributed by atoms with E-state index >= 15 is 0 Å². The highest BCUT2D eigenvalue weighted by Gasteiger charge is 2.24. The van der Waals surface area contributed by atoms with E-state index in [0.29, 0.717) is 0 Å². The topological polar surface area (TPSA) is 42.7 Å². The second-order valence-corrected chi connectivity index (χ2v) is 7.29. The maximum Gasteiger partial charge on any atom is 0.133 e. The molecule has 3 heterocycles. The van der Waals surface area contributed by atoms with Crippen molar-refractivity contribution in [3.8, 4) is 16.9 Å². The van der Waals surface area contributed by atoms with Crippen LogP contribution >= 0.6 is 38.5 Å². The van der Waals surface area contributed by atoms with Crippen LogP contribution in [0.4, 0.5) is 5.82 Å². The molecular weight excluding hydrogens is 455 g/mol. The Kier molecular flexibility index (Phi) is 3.65. The Hall–Kier alpha value is -1.41. The van der Waals surface area contributed by atoms with Crippen LogP contribution in [0.5, 0.6) is 0 Å². The summed E-state index contributed by atoms with van der Waals surface area (Å²) in [6, 6.07) is 10.4. The molecule has 0 aliphatic carbocycles. The molecule has 22 heavy (non-hydrogen) atoms. The van der Waals surface area contributed by atoms with E-state index in [9.17, 15) is 0 Å². The van der Waals surface area contributed by atoms with E-state index in [-0.39, 0.29) is 0 Å². The summed E-state index contributed by atoms with van der Waals surface area (Å²) in [7, 11) is 0. The number of aromatic nitrogens is 3. The second kappa shape index (κ2) is 5.66. The van der Waals surface area contributed by atoms with Crippen LogP contribution in [0.3, 0.4) is 0 Å². The Morgan fingerprint density at radius 3 is 2.77 bits per heavy atom. The largest absolute Gasteiger partial charge is 0.369 e. The lowest BCUT2D eigenvalue weighted by molar-refractivity contribution is 0.881. The lowest BCUT2D eigenvalue weighted by Gasteiger charge is -2.06. The summed E-state index contributed by atoms with van der Waals surface area (Å²) >= 11 is 5.80. The van der Waals surface area contributed by atoms with Crippen molar-refractivity contribution in [3.63, 3.8) is 0 Å². The van der Waals surface area contributed by atoms with Gasteiger partial charge < -0.3 is 5.32 Å². The van der Waals surface area contributed by atoms with E-state index in [1.54, 1.807) is 6.20 Å². The highest BCUT2D eigenvalue weighted by atomic mass is 127. The van der Waals surface area contributed by atoms with Gasteiger partial charge in [0, 0.05) is 38.1 Å². The third-order valence-electron chi connectivity index (χ3n) is 3.70. The van der Waals surface area contributed by atoms with Crippen LogP contribution in [0.1, 0.15) is 5.56 Å². The number of nitrogens with one attached hydrogen (secondary N) is 1. The van der Waals surface area contributed by atoms with Crippen molar-refractivity contribution in [3.05, 3.63) is 56.3 Å².